The zero-order chi connectivity index (χ0) is 9.24. The molecule has 1 aliphatic heterocycles. The lowest BCUT2D eigenvalue weighted by atomic mass is 9.63. The van der Waals surface area contributed by atoms with Gasteiger partial charge in [-0.3, -0.25) is 0 Å². The van der Waals surface area contributed by atoms with Gasteiger partial charge in [-0.1, -0.05) is 20.8 Å². The van der Waals surface area contributed by atoms with Gasteiger partial charge in [0.1, 0.15) is 0 Å². The van der Waals surface area contributed by atoms with E-state index in [2.05, 4.69) is 26.8 Å². The molecular formula is C10H17NO. The van der Waals surface area contributed by atoms with Crippen LogP contribution in [0.5, 0.6) is 0 Å². The SMILES string of the molecule is CC(C)(C)C1(C#N)CCOCC1. The first-order chi connectivity index (χ1) is 5.52. The summed E-state index contributed by atoms with van der Waals surface area (Å²) in [7, 11) is 0. The van der Waals surface area contributed by atoms with Gasteiger partial charge in [0, 0.05) is 13.2 Å². The molecule has 2 heteroatoms. The molecule has 1 saturated heterocycles. The summed E-state index contributed by atoms with van der Waals surface area (Å²) in [4.78, 5) is 0. The number of ether oxygens (including phenoxy) is 1. The average Bonchev–Trinajstić information content (AvgIpc) is 2.04. The molecule has 0 bridgehead atoms. The molecule has 0 aromatic heterocycles. The molecule has 12 heavy (non-hydrogen) atoms. The highest BCUT2D eigenvalue weighted by Crippen LogP contribution is 2.45. The summed E-state index contributed by atoms with van der Waals surface area (Å²) in [5, 5.41) is 9.17. The molecule has 0 radical (unpaired) electrons. The van der Waals surface area contributed by atoms with Gasteiger partial charge >= 0.3 is 0 Å². The highest BCUT2D eigenvalue weighted by molar-refractivity contribution is 5.06. The summed E-state index contributed by atoms with van der Waals surface area (Å²) >= 11 is 0. The van der Waals surface area contributed by atoms with Crippen LogP contribution in [0, 0.1) is 22.2 Å². The summed E-state index contributed by atoms with van der Waals surface area (Å²) in [6, 6.07) is 2.48. The number of nitriles is 1. The Morgan fingerprint density at radius 1 is 1.25 bits per heavy atom. The van der Waals surface area contributed by atoms with Crippen molar-refractivity contribution in [3.63, 3.8) is 0 Å². The zero-order valence-corrected chi connectivity index (χ0v) is 8.18. The molecule has 0 amide bonds. The summed E-state index contributed by atoms with van der Waals surface area (Å²) in [5.41, 5.74) is -0.0865. The van der Waals surface area contributed by atoms with Gasteiger partial charge in [-0.2, -0.15) is 5.26 Å². The minimum absolute atomic E-state index is 0.0749. The first-order valence-electron chi connectivity index (χ1n) is 4.51. The van der Waals surface area contributed by atoms with Gasteiger partial charge in [0.05, 0.1) is 11.5 Å². The van der Waals surface area contributed by atoms with Crippen molar-refractivity contribution >= 4 is 0 Å². The van der Waals surface area contributed by atoms with Gasteiger partial charge in [0.25, 0.3) is 0 Å². The molecule has 1 aliphatic rings. The van der Waals surface area contributed by atoms with Crippen molar-refractivity contribution in [1.82, 2.24) is 0 Å². The smallest absolute Gasteiger partial charge is 0.0697 e. The van der Waals surface area contributed by atoms with E-state index >= 15 is 0 Å². The van der Waals surface area contributed by atoms with E-state index in [1.165, 1.54) is 0 Å². The largest absolute Gasteiger partial charge is 0.381 e. The lowest BCUT2D eigenvalue weighted by molar-refractivity contribution is -0.0108. The van der Waals surface area contributed by atoms with E-state index in [0.29, 0.717) is 0 Å². The molecule has 0 aromatic carbocycles. The van der Waals surface area contributed by atoms with Crippen LogP contribution in [0.4, 0.5) is 0 Å². The predicted octanol–water partition coefficient (Wildman–Crippen LogP) is 2.35. The van der Waals surface area contributed by atoms with E-state index in [9.17, 15) is 5.26 Å². The molecular weight excluding hydrogens is 150 g/mol. The molecule has 0 atom stereocenters. The van der Waals surface area contributed by atoms with E-state index in [-0.39, 0.29) is 10.8 Å². The second-order valence-electron chi connectivity index (χ2n) is 4.56. The van der Waals surface area contributed by atoms with Gasteiger partial charge in [-0.25, -0.2) is 0 Å². The van der Waals surface area contributed by atoms with Crippen molar-refractivity contribution in [2.75, 3.05) is 13.2 Å². The van der Waals surface area contributed by atoms with Gasteiger partial charge in [0.2, 0.25) is 0 Å². The third-order valence-electron chi connectivity index (χ3n) is 3.00. The second-order valence-corrected chi connectivity index (χ2v) is 4.56. The molecule has 0 saturated carbocycles. The van der Waals surface area contributed by atoms with Crippen LogP contribution in [0.25, 0.3) is 0 Å². The second kappa shape index (κ2) is 3.06. The number of hydrogen-bond acceptors (Lipinski definition) is 2. The van der Waals surface area contributed by atoms with Crippen molar-refractivity contribution in [2.45, 2.75) is 33.6 Å². The average molecular weight is 167 g/mol. The van der Waals surface area contributed by atoms with Crippen molar-refractivity contribution in [3.8, 4) is 6.07 Å². The minimum atomic E-state index is -0.161. The maximum absolute atomic E-state index is 9.17. The quantitative estimate of drug-likeness (QED) is 0.555. The van der Waals surface area contributed by atoms with Crippen molar-refractivity contribution in [3.05, 3.63) is 0 Å². The van der Waals surface area contributed by atoms with E-state index in [0.717, 1.165) is 26.1 Å². The van der Waals surface area contributed by atoms with Gasteiger partial charge in [-0.05, 0) is 18.3 Å². The van der Waals surface area contributed by atoms with Gasteiger partial charge < -0.3 is 4.74 Å². The van der Waals surface area contributed by atoms with Gasteiger partial charge in [-0.15, -0.1) is 0 Å². The van der Waals surface area contributed by atoms with Crippen LogP contribution in [0.15, 0.2) is 0 Å². The number of rotatable bonds is 0. The summed E-state index contributed by atoms with van der Waals surface area (Å²) in [5.74, 6) is 0. The highest BCUT2D eigenvalue weighted by atomic mass is 16.5. The Kier molecular flexibility index (Phi) is 2.44. The van der Waals surface area contributed by atoms with Crippen molar-refractivity contribution < 1.29 is 4.74 Å². The third kappa shape index (κ3) is 1.47. The maximum atomic E-state index is 9.17. The van der Waals surface area contributed by atoms with Crippen LogP contribution < -0.4 is 0 Å². The fraction of sp³-hybridized carbons (Fsp3) is 0.900. The molecule has 0 N–H and O–H groups in total. The molecule has 0 aromatic rings. The Hall–Kier alpha value is -0.550. The zero-order valence-electron chi connectivity index (χ0n) is 8.18. The normalized spacial score (nSPS) is 23.2. The van der Waals surface area contributed by atoms with E-state index < -0.39 is 0 Å². The van der Waals surface area contributed by atoms with Crippen molar-refractivity contribution in [1.29, 1.82) is 5.26 Å². The lowest BCUT2D eigenvalue weighted by Gasteiger charge is -2.41. The van der Waals surface area contributed by atoms with E-state index in [4.69, 9.17) is 4.74 Å². The first kappa shape index (κ1) is 9.54. The number of hydrogen-bond donors (Lipinski definition) is 0. The topological polar surface area (TPSA) is 33.0 Å². The molecule has 1 rings (SSSR count). The highest BCUT2D eigenvalue weighted by Gasteiger charge is 2.43. The molecule has 1 heterocycles. The Morgan fingerprint density at radius 2 is 1.75 bits per heavy atom. The molecule has 68 valence electrons. The van der Waals surface area contributed by atoms with Crippen LogP contribution in [-0.4, -0.2) is 13.2 Å². The molecule has 0 unspecified atom stereocenters. The Morgan fingerprint density at radius 3 is 2.00 bits per heavy atom. The molecule has 2 nitrogen and oxygen atoms in total. The Labute approximate surface area is 74.5 Å². The minimum Gasteiger partial charge on any atom is -0.381 e. The van der Waals surface area contributed by atoms with Crippen molar-refractivity contribution in [2.24, 2.45) is 10.8 Å². The van der Waals surface area contributed by atoms with Crippen LogP contribution in [-0.2, 0) is 4.74 Å². The molecule has 0 spiro atoms. The van der Waals surface area contributed by atoms with Crippen LogP contribution in [0.1, 0.15) is 33.6 Å². The monoisotopic (exact) mass is 167 g/mol. The predicted molar refractivity (Wildman–Crippen MR) is 47.6 cm³/mol. The van der Waals surface area contributed by atoms with Crippen LogP contribution in [0.3, 0.4) is 0 Å². The fourth-order valence-electron chi connectivity index (χ4n) is 1.75. The standard InChI is InChI=1S/C10H17NO/c1-9(2,3)10(8-11)4-6-12-7-5-10/h4-7H2,1-3H3. The number of nitrogens with zero attached hydrogens (tertiary/aromatic N) is 1. The Bertz CT molecular complexity index is 191. The molecule has 1 fully saturated rings. The van der Waals surface area contributed by atoms with Crippen LogP contribution in [0.2, 0.25) is 0 Å². The van der Waals surface area contributed by atoms with Gasteiger partial charge in [0.15, 0.2) is 0 Å². The summed E-state index contributed by atoms with van der Waals surface area (Å²) in [6.45, 7) is 7.90. The van der Waals surface area contributed by atoms with E-state index in [1.54, 1.807) is 0 Å². The fourth-order valence-corrected chi connectivity index (χ4v) is 1.75. The van der Waals surface area contributed by atoms with E-state index in [1.807, 2.05) is 0 Å². The third-order valence-corrected chi connectivity index (χ3v) is 3.00. The van der Waals surface area contributed by atoms with Crippen LogP contribution >= 0.6 is 0 Å². The summed E-state index contributed by atoms with van der Waals surface area (Å²) < 4.78 is 5.27. The maximum Gasteiger partial charge on any atom is 0.0697 e. The lowest BCUT2D eigenvalue weighted by Crippen LogP contribution is -2.39. The first-order valence-corrected chi connectivity index (χ1v) is 4.51. The Balaban J connectivity index is 2.83. The summed E-state index contributed by atoms with van der Waals surface area (Å²) in [6.07, 6.45) is 1.76. The molecule has 0 aliphatic carbocycles.